The average molecular weight is 683 g/mol. The fourth-order valence-corrected chi connectivity index (χ4v) is 4.29. The molecule has 0 radical (unpaired) electrons. The molecule has 0 aromatic heterocycles. The van der Waals surface area contributed by atoms with E-state index < -0.39 is 20.0 Å². The van der Waals surface area contributed by atoms with Gasteiger partial charge in [-0.2, -0.15) is 0 Å². The van der Waals surface area contributed by atoms with Crippen LogP contribution in [0, 0.1) is 23.3 Å². The Morgan fingerprint density at radius 2 is 1.10 bits per heavy atom. The number of ether oxygens (including phenoxy) is 8. The van der Waals surface area contributed by atoms with Gasteiger partial charge in [-0.05, 0) is 50.2 Å². The second-order valence-electron chi connectivity index (χ2n) is 11.9. The second kappa shape index (κ2) is 22.9. The maximum atomic E-state index is 13.0. The van der Waals surface area contributed by atoms with Crippen LogP contribution in [0.15, 0.2) is 42.5 Å². The van der Waals surface area contributed by atoms with Gasteiger partial charge >= 0.3 is 11.9 Å². The molecule has 0 aliphatic heterocycles. The number of hydrogen-bond donors (Lipinski definition) is 0. The maximum Gasteiger partial charge on any atom is 0.338 e. The molecule has 2 rings (SSSR count). The van der Waals surface area contributed by atoms with Crippen LogP contribution in [0.1, 0.15) is 51.3 Å². The van der Waals surface area contributed by atoms with Gasteiger partial charge in [-0.25, -0.2) is 9.59 Å². The van der Waals surface area contributed by atoms with Crippen LogP contribution in [0.3, 0.4) is 0 Å². The van der Waals surface area contributed by atoms with Crippen LogP contribution >= 0.6 is 0 Å². The first-order valence-electron chi connectivity index (χ1n) is 16.0. The van der Waals surface area contributed by atoms with Crippen LogP contribution in [-0.2, 0) is 37.9 Å². The Morgan fingerprint density at radius 3 is 1.65 bits per heavy atom. The highest BCUT2D eigenvalue weighted by Crippen LogP contribution is 2.13. The molecule has 0 heterocycles. The van der Waals surface area contributed by atoms with Crippen molar-refractivity contribution in [3.8, 4) is 23.3 Å². The van der Waals surface area contributed by atoms with Gasteiger partial charge in [0.1, 0.15) is 21.3 Å². The van der Waals surface area contributed by atoms with Crippen molar-refractivity contribution in [1.82, 2.24) is 0 Å². The minimum absolute atomic E-state index is 0.0832. The van der Waals surface area contributed by atoms with Gasteiger partial charge in [0.25, 0.3) is 0 Å². The van der Waals surface area contributed by atoms with E-state index in [-0.39, 0.29) is 25.4 Å². The summed E-state index contributed by atoms with van der Waals surface area (Å²) in [7, 11) is 1.55. The lowest BCUT2D eigenvalue weighted by Gasteiger charge is -2.14. The molecule has 262 valence electrons. The number of rotatable bonds is 20. The smallest absolute Gasteiger partial charge is 0.338 e. The molecule has 0 aliphatic rings. The van der Waals surface area contributed by atoms with Crippen molar-refractivity contribution in [3.05, 3.63) is 70.3 Å². The van der Waals surface area contributed by atoms with E-state index in [0.29, 0.717) is 80.7 Å². The standard InChI is InChI=1S/C37H50O10Si/c1-29(44-20-18-42-16-14-40-3)27-46-36(38)34-10-8-9-31(24-34)11-12-32-23-33(13-22-48(5,6)7)26-35(25-32)37(39)47-28-30(2)45-21-19-43-17-15-41-4/h8-10,23-26,29-30H,14-21,27-28H2,1-7H3/t29-,30-/m0/s1. The summed E-state index contributed by atoms with van der Waals surface area (Å²) in [6.45, 7) is 13.9. The molecule has 0 spiro atoms. The molecule has 0 N–H and O–H groups in total. The van der Waals surface area contributed by atoms with Crippen LogP contribution in [-0.4, -0.2) is 113 Å². The minimum Gasteiger partial charge on any atom is -0.459 e. The Kier molecular flexibility index (Phi) is 19.4. The van der Waals surface area contributed by atoms with Crippen molar-refractivity contribution < 1.29 is 47.5 Å². The molecule has 11 heteroatoms. The Bertz CT molecular complexity index is 1400. The zero-order valence-corrected chi connectivity index (χ0v) is 30.3. The molecular formula is C37H50O10Si. The van der Waals surface area contributed by atoms with E-state index >= 15 is 0 Å². The molecular weight excluding hydrogens is 632 g/mol. The summed E-state index contributed by atoms with van der Waals surface area (Å²) in [5.74, 6) is 8.44. The summed E-state index contributed by atoms with van der Waals surface area (Å²) < 4.78 is 42.9. The Labute approximate surface area is 286 Å². The predicted molar refractivity (Wildman–Crippen MR) is 186 cm³/mol. The lowest BCUT2D eigenvalue weighted by atomic mass is 10.1. The van der Waals surface area contributed by atoms with Gasteiger partial charge in [-0.1, -0.05) is 43.5 Å². The van der Waals surface area contributed by atoms with Crippen LogP contribution in [0.4, 0.5) is 0 Å². The summed E-state index contributed by atoms with van der Waals surface area (Å²) in [4.78, 5) is 25.8. The summed E-state index contributed by atoms with van der Waals surface area (Å²) in [5.41, 5.74) is 5.92. The molecule has 0 unspecified atom stereocenters. The van der Waals surface area contributed by atoms with Crippen molar-refractivity contribution in [2.24, 2.45) is 0 Å². The monoisotopic (exact) mass is 682 g/mol. The Morgan fingerprint density at radius 1 is 0.625 bits per heavy atom. The molecule has 0 saturated heterocycles. The number of benzene rings is 2. The lowest BCUT2D eigenvalue weighted by Crippen LogP contribution is -2.21. The summed E-state index contributed by atoms with van der Waals surface area (Å²) in [6, 6.07) is 12.1. The van der Waals surface area contributed by atoms with Gasteiger partial charge in [-0.15, -0.1) is 5.54 Å². The summed E-state index contributed by atoms with van der Waals surface area (Å²) in [5, 5.41) is 0. The molecule has 0 bridgehead atoms. The quantitative estimate of drug-likeness (QED) is 0.0840. The van der Waals surface area contributed by atoms with E-state index in [2.05, 4.69) is 42.9 Å². The van der Waals surface area contributed by atoms with Crippen LogP contribution in [0.25, 0.3) is 0 Å². The van der Waals surface area contributed by atoms with Crippen LogP contribution < -0.4 is 0 Å². The fourth-order valence-electron chi connectivity index (χ4n) is 3.77. The normalized spacial score (nSPS) is 12.2. The average Bonchev–Trinajstić information content (AvgIpc) is 3.07. The van der Waals surface area contributed by atoms with Crippen LogP contribution in [0.2, 0.25) is 19.6 Å². The third-order valence-electron chi connectivity index (χ3n) is 6.22. The minimum atomic E-state index is -1.68. The largest absolute Gasteiger partial charge is 0.459 e. The molecule has 2 aromatic rings. The second-order valence-corrected chi connectivity index (χ2v) is 16.6. The number of hydrogen-bond acceptors (Lipinski definition) is 10. The van der Waals surface area contributed by atoms with Gasteiger partial charge in [0.05, 0.1) is 76.2 Å². The Hall–Kier alpha value is -3.52. The number of carbonyl (C=O) groups excluding carboxylic acids is 2. The predicted octanol–water partition coefficient (Wildman–Crippen LogP) is 4.77. The van der Waals surface area contributed by atoms with E-state index in [4.69, 9.17) is 37.9 Å². The SMILES string of the molecule is COCCOCCO[C@@H](C)COC(=O)c1cccc(C#Cc2cc(C#C[Si](C)(C)C)cc(C(=O)OC[C@H](C)OCCOCCOC)c2)c1. The molecule has 2 atom stereocenters. The number of esters is 2. The molecule has 10 nitrogen and oxygen atoms in total. The van der Waals surface area contributed by atoms with E-state index in [1.165, 1.54) is 0 Å². The van der Waals surface area contributed by atoms with Gasteiger partial charge in [-0.3, -0.25) is 0 Å². The van der Waals surface area contributed by atoms with Gasteiger partial charge in [0.2, 0.25) is 0 Å². The van der Waals surface area contributed by atoms with E-state index in [1.807, 2.05) is 19.9 Å². The van der Waals surface area contributed by atoms with E-state index in [1.54, 1.807) is 50.6 Å². The zero-order chi connectivity index (χ0) is 35.2. The van der Waals surface area contributed by atoms with E-state index in [0.717, 1.165) is 0 Å². The van der Waals surface area contributed by atoms with Gasteiger partial charge in [0, 0.05) is 30.9 Å². The molecule has 0 amide bonds. The molecule has 48 heavy (non-hydrogen) atoms. The van der Waals surface area contributed by atoms with Crippen molar-refractivity contribution in [2.45, 2.75) is 45.7 Å². The van der Waals surface area contributed by atoms with Crippen LogP contribution in [0.5, 0.6) is 0 Å². The van der Waals surface area contributed by atoms with Crippen molar-refractivity contribution in [3.63, 3.8) is 0 Å². The first-order valence-corrected chi connectivity index (χ1v) is 19.5. The first-order chi connectivity index (χ1) is 23.0. The molecule has 0 saturated carbocycles. The topological polar surface area (TPSA) is 108 Å². The molecule has 0 aliphatic carbocycles. The maximum absolute atomic E-state index is 13.0. The zero-order valence-electron chi connectivity index (χ0n) is 29.3. The summed E-state index contributed by atoms with van der Waals surface area (Å²) >= 11 is 0. The first kappa shape index (κ1) is 40.7. The van der Waals surface area contributed by atoms with Crippen molar-refractivity contribution in [2.75, 3.05) is 80.3 Å². The molecule has 0 fully saturated rings. The number of methoxy groups -OCH3 is 2. The third kappa shape index (κ3) is 18.1. The van der Waals surface area contributed by atoms with Crippen molar-refractivity contribution in [1.29, 1.82) is 0 Å². The number of carbonyl (C=O) groups is 2. The van der Waals surface area contributed by atoms with Gasteiger partial charge < -0.3 is 37.9 Å². The summed E-state index contributed by atoms with van der Waals surface area (Å²) in [6.07, 6.45) is -0.601. The Balaban J connectivity index is 2.07. The highest BCUT2D eigenvalue weighted by atomic mass is 28.3. The van der Waals surface area contributed by atoms with Gasteiger partial charge in [0.15, 0.2) is 0 Å². The molecule has 2 aromatic carbocycles. The highest BCUT2D eigenvalue weighted by Gasteiger charge is 2.14. The van der Waals surface area contributed by atoms with E-state index in [9.17, 15) is 9.59 Å². The third-order valence-corrected chi connectivity index (χ3v) is 7.10. The fraction of sp³-hybridized carbons (Fsp3) is 0.514. The lowest BCUT2D eigenvalue weighted by molar-refractivity contribution is -0.0270. The highest BCUT2D eigenvalue weighted by molar-refractivity contribution is 6.83. The van der Waals surface area contributed by atoms with Crippen molar-refractivity contribution >= 4 is 20.0 Å².